The first kappa shape index (κ1) is 17.7. The predicted molar refractivity (Wildman–Crippen MR) is 84.3 cm³/mol. The number of benzene rings is 1. The molecule has 0 aliphatic heterocycles. The molecule has 0 heterocycles. The lowest BCUT2D eigenvalue weighted by Gasteiger charge is -2.13. The Morgan fingerprint density at radius 1 is 1.29 bits per heavy atom. The van der Waals surface area contributed by atoms with Crippen LogP contribution in [0.1, 0.15) is 16.7 Å². The zero-order chi connectivity index (χ0) is 16.2. The topological polar surface area (TPSA) is 112 Å². The summed E-state index contributed by atoms with van der Waals surface area (Å²) in [7, 11) is -4.00. The van der Waals surface area contributed by atoms with Gasteiger partial charge in [0, 0.05) is 6.08 Å². The summed E-state index contributed by atoms with van der Waals surface area (Å²) >= 11 is 3.12. The van der Waals surface area contributed by atoms with E-state index in [2.05, 4.69) is 15.9 Å². The van der Waals surface area contributed by atoms with E-state index in [1.165, 1.54) is 17.7 Å². The predicted octanol–water partition coefficient (Wildman–Crippen LogP) is 0.791. The molecule has 116 valence electrons. The average molecular weight is 377 g/mol. The van der Waals surface area contributed by atoms with Crippen molar-refractivity contribution in [3.63, 3.8) is 0 Å². The van der Waals surface area contributed by atoms with Crippen molar-refractivity contribution in [2.45, 2.75) is 25.7 Å². The zero-order valence-corrected chi connectivity index (χ0v) is 14.5. The van der Waals surface area contributed by atoms with Crippen LogP contribution in [0.5, 0.6) is 0 Å². The minimum absolute atomic E-state index is 0.130. The van der Waals surface area contributed by atoms with E-state index in [0.717, 1.165) is 5.56 Å². The summed E-state index contributed by atoms with van der Waals surface area (Å²) in [4.78, 5) is 0.130. The normalized spacial score (nSPS) is 13.4. The van der Waals surface area contributed by atoms with Gasteiger partial charge in [0.25, 0.3) is 0 Å². The molecule has 0 amide bonds. The van der Waals surface area contributed by atoms with E-state index in [1.807, 2.05) is 6.92 Å². The third kappa shape index (κ3) is 4.57. The lowest BCUT2D eigenvalue weighted by Crippen LogP contribution is -2.85. The van der Waals surface area contributed by atoms with Crippen LogP contribution in [0, 0.1) is 20.8 Å². The van der Waals surface area contributed by atoms with Crippen molar-refractivity contribution in [2.75, 3.05) is 0 Å². The number of halogens is 1. The monoisotopic (exact) mass is 376 g/mol. The molecule has 0 aliphatic rings. The molecule has 0 spiro atoms. The molecule has 1 rings (SSSR count). The minimum atomic E-state index is -4.00. The van der Waals surface area contributed by atoms with Crippen molar-refractivity contribution >= 4 is 26.0 Å². The Kier molecular flexibility index (Phi) is 5.97. The molecule has 0 radical (unpaired) electrons. The number of nitrogens with two attached hydrogens (primary N) is 3. The minimum Gasteiger partial charge on any atom is -0.368 e. The van der Waals surface area contributed by atoms with Crippen LogP contribution < -0.4 is 17.0 Å². The molecule has 21 heavy (non-hydrogen) atoms. The van der Waals surface area contributed by atoms with E-state index in [4.69, 9.17) is 15.8 Å². The zero-order valence-electron chi connectivity index (χ0n) is 12.1. The van der Waals surface area contributed by atoms with Gasteiger partial charge in [0.15, 0.2) is 0 Å². The first-order chi connectivity index (χ1) is 9.69. The van der Waals surface area contributed by atoms with Crippen LogP contribution in [0.25, 0.3) is 0 Å². The highest BCUT2D eigenvalue weighted by Gasteiger charge is 2.23. The van der Waals surface area contributed by atoms with Crippen LogP contribution in [0.2, 0.25) is 0 Å². The van der Waals surface area contributed by atoms with Gasteiger partial charge in [-0.2, -0.15) is 14.3 Å². The lowest BCUT2D eigenvalue weighted by atomic mass is 10.1. The van der Waals surface area contributed by atoms with Gasteiger partial charge < -0.3 is 9.92 Å². The van der Waals surface area contributed by atoms with Crippen LogP contribution in [-0.4, -0.2) is 8.42 Å². The van der Waals surface area contributed by atoms with Gasteiger partial charge in [-0.1, -0.05) is 17.7 Å². The van der Waals surface area contributed by atoms with E-state index in [1.54, 1.807) is 26.0 Å². The van der Waals surface area contributed by atoms with Crippen LogP contribution in [0.4, 0.5) is 0 Å². The summed E-state index contributed by atoms with van der Waals surface area (Å²) in [5.41, 5.74) is 9.13. The Morgan fingerprint density at radius 2 is 1.81 bits per heavy atom. The van der Waals surface area contributed by atoms with Crippen LogP contribution in [0.3, 0.4) is 0 Å². The van der Waals surface area contributed by atoms with Crippen molar-refractivity contribution < 1.29 is 18.0 Å². The van der Waals surface area contributed by atoms with Gasteiger partial charge in [0.05, 0.1) is 4.48 Å². The van der Waals surface area contributed by atoms with Gasteiger partial charge >= 0.3 is 10.1 Å². The highest BCUT2D eigenvalue weighted by atomic mass is 79.9. The second-order valence-corrected chi connectivity index (χ2v) is 6.87. The molecule has 0 unspecified atom stereocenters. The summed E-state index contributed by atoms with van der Waals surface area (Å²) in [6.07, 6.45) is 2.98. The number of hydrogen-bond acceptors (Lipinski definition) is 5. The van der Waals surface area contributed by atoms with Crippen molar-refractivity contribution in [1.82, 2.24) is 0 Å². The molecular weight excluding hydrogens is 358 g/mol. The molecule has 0 saturated carbocycles. The Morgan fingerprint density at radius 3 is 2.29 bits per heavy atom. The number of hydrogen-bond donors (Lipinski definition) is 3. The first-order valence-electron chi connectivity index (χ1n) is 6.08. The molecule has 0 fully saturated rings. The smallest absolute Gasteiger partial charge is 0.341 e. The molecule has 0 saturated heterocycles. The maximum Gasteiger partial charge on any atom is 0.341 e. The van der Waals surface area contributed by atoms with Crippen LogP contribution >= 0.6 is 15.9 Å². The maximum absolute atomic E-state index is 12.4. The van der Waals surface area contributed by atoms with Crippen molar-refractivity contribution in [1.29, 1.82) is 0 Å². The van der Waals surface area contributed by atoms with Gasteiger partial charge in [-0.15, -0.1) is 0 Å². The molecule has 6 N–H and O–H groups in total. The maximum atomic E-state index is 12.4. The SMILES string of the molecule is Cc1cc(C)c(S(=O)(=O)O/C(N)=C(Br)/C=C\[NH2+]N)c(C)c1. The second kappa shape index (κ2) is 7.08. The fraction of sp³-hybridized carbons (Fsp3) is 0.231. The Labute approximate surface area is 133 Å². The van der Waals surface area contributed by atoms with Gasteiger partial charge in [-0.3, -0.25) is 0 Å². The summed E-state index contributed by atoms with van der Waals surface area (Å²) < 4.78 is 30.0. The average Bonchev–Trinajstić information content (AvgIpc) is 2.33. The lowest BCUT2D eigenvalue weighted by molar-refractivity contribution is -0.600. The van der Waals surface area contributed by atoms with Gasteiger partial charge in [-0.05, 0) is 47.8 Å². The first-order valence-corrected chi connectivity index (χ1v) is 8.28. The van der Waals surface area contributed by atoms with E-state index in [9.17, 15) is 8.42 Å². The van der Waals surface area contributed by atoms with Crippen LogP contribution in [-0.2, 0) is 14.3 Å². The molecule has 6 nitrogen and oxygen atoms in total. The molecule has 0 aliphatic carbocycles. The summed E-state index contributed by atoms with van der Waals surface area (Å²) in [6.45, 7) is 5.33. The summed E-state index contributed by atoms with van der Waals surface area (Å²) in [6, 6.07) is 3.56. The van der Waals surface area contributed by atoms with Crippen molar-refractivity contribution in [3.05, 3.63) is 51.5 Å². The van der Waals surface area contributed by atoms with Gasteiger partial charge in [0.1, 0.15) is 11.1 Å². The fourth-order valence-corrected chi connectivity index (χ4v) is 3.64. The van der Waals surface area contributed by atoms with E-state index >= 15 is 0 Å². The van der Waals surface area contributed by atoms with Crippen molar-refractivity contribution in [2.24, 2.45) is 11.6 Å². The number of aryl methyl sites for hydroxylation is 3. The molecule has 1 aromatic rings. The Balaban J connectivity index is 3.23. The largest absolute Gasteiger partial charge is 0.368 e. The second-order valence-electron chi connectivity index (χ2n) is 4.53. The standard InChI is InChI=1S/C13H18BrN3O3S/c1-8-6-9(2)12(10(3)7-8)21(18,19)20-13(15)11(14)4-5-17-16/h4-7,17H,15-16H2,1-3H3/p+1/b5-4-,13-11-. The highest BCUT2D eigenvalue weighted by Crippen LogP contribution is 2.25. The third-order valence-corrected chi connectivity index (χ3v) is 4.84. The molecule has 1 aromatic carbocycles. The van der Waals surface area contributed by atoms with Gasteiger partial charge in [-0.25, -0.2) is 5.43 Å². The quantitative estimate of drug-likeness (QED) is 0.231. The Hall–Kier alpha value is -1.35. The molecule has 0 bridgehead atoms. The van der Waals surface area contributed by atoms with Crippen molar-refractivity contribution in [3.8, 4) is 0 Å². The number of rotatable bonds is 5. The molecular formula is C13H19BrN3O3S+. The van der Waals surface area contributed by atoms with Crippen LogP contribution in [0.15, 0.2) is 39.7 Å². The number of quaternary nitrogens is 1. The summed E-state index contributed by atoms with van der Waals surface area (Å²) in [5.74, 6) is 4.94. The third-order valence-electron chi connectivity index (χ3n) is 2.64. The van der Waals surface area contributed by atoms with E-state index < -0.39 is 10.1 Å². The Bertz CT molecular complexity index is 674. The summed E-state index contributed by atoms with van der Waals surface area (Å²) in [5, 5.41) is 0. The van der Waals surface area contributed by atoms with E-state index in [-0.39, 0.29) is 15.3 Å². The highest BCUT2D eigenvalue weighted by molar-refractivity contribution is 9.11. The van der Waals surface area contributed by atoms with E-state index in [0.29, 0.717) is 11.1 Å². The molecule has 0 atom stereocenters. The molecule has 0 aromatic heterocycles. The number of allylic oxidation sites excluding steroid dienone is 2. The molecule has 8 heteroatoms. The fourth-order valence-electron chi connectivity index (χ4n) is 1.98. The van der Waals surface area contributed by atoms with Gasteiger partial charge in [0.2, 0.25) is 5.88 Å².